The van der Waals surface area contributed by atoms with Crippen molar-refractivity contribution < 1.29 is 0 Å². The first-order valence-corrected chi connectivity index (χ1v) is 7.51. The Hall–Kier alpha value is -0.930. The average molecular weight is 260 g/mol. The zero-order chi connectivity index (χ0) is 12.8. The van der Waals surface area contributed by atoms with Crippen molar-refractivity contribution in [3.63, 3.8) is 0 Å². The van der Waals surface area contributed by atoms with E-state index in [1.807, 2.05) is 11.3 Å². The largest absolute Gasteiger partial charge is 0.308 e. The Kier molecular flexibility index (Phi) is 2.91. The summed E-state index contributed by atoms with van der Waals surface area (Å²) in [7, 11) is 0. The predicted molar refractivity (Wildman–Crippen MR) is 78.3 cm³/mol. The minimum atomic E-state index is 0.161. The van der Waals surface area contributed by atoms with Crippen LogP contribution in [0.4, 0.5) is 0 Å². The summed E-state index contributed by atoms with van der Waals surface area (Å²) in [6.45, 7) is 7.91. The van der Waals surface area contributed by atoms with E-state index in [4.69, 9.17) is 4.98 Å². The molecular weight excluding hydrogens is 240 g/mol. The summed E-state index contributed by atoms with van der Waals surface area (Å²) in [6, 6.07) is 7.05. The van der Waals surface area contributed by atoms with E-state index in [0.29, 0.717) is 6.04 Å². The third kappa shape index (κ3) is 2.06. The molecule has 0 radical (unpaired) electrons. The van der Waals surface area contributed by atoms with Gasteiger partial charge in [-0.15, -0.1) is 11.3 Å². The van der Waals surface area contributed by atoms with Crippen LogP contribution in [0.1, 0.15) is 50.2 Å². The molecule has 18 heavy (non-hydrogen) atoms. The van der Waals surface area contributed by atoms with Gasteiger partial charge >= 0.3 is 0 Å². The molecule has 1 aromatic carbocycles. The molecule has 1 fully saturated rings. The zero-order valence-electron chi connectivity index (χ0n) is 11.3. The van der Waals surface area contributed by atoms with Crippen molar-refractivity contribution in [2.24, 2.45) is 0 Å². The minimum Gasteiger partial charge on any atom is -0.308 e. The Morgan fingerprint density at radius 2 is 2.17 bits per heavy atom. The average Bonchev–Trinajstić information content (AvgIpc) is 2.95. The maximum Gasteiger partial charge on any atom is 0.111 e. The molecule has 1 saturated heterocycles. The molecule has 1 aliphatic heterocycles. The quantitative estimate of drug-likeness (QED) is 0.837. The number of benzene rings is 1. The zero-order valence-corrected chi connectivity index (χ0v) is 12.1. The van der Waals surface area contributed by atoms with Crippen LogP contribution in [0.3, 0.4) is 0 Å². The van der Waals surface area contributed by atoms with Crippen LogP contribution in [0.25, 0.3) is 10.2 Å². The highest BCUT2D eigenvalue weighted by Crippen LogP contribution is 2.35. The van der Waals surface area contributed by atoms with E-state index in [9.17, 15) is 0 Å². The molecule has 1 aromatic heterocycles. The van der Waals surface area contributed by atoms with Gasteiger partial charge in [0.25, 0.3) is 0 Å². The van der Waals surface area contributed by atoms with Gasteiger partial charge in [0.05, 0.1) is 16.3 Å². The lowest BCUT2D eigenvalue weighted by atomic mass is 9.86. The van der Waals surface area contributed by atoms with E-state index < -0.39 is 0 Å². The lowest BCUT2D eigenvalue weighted by molar-refractivity contribution is 0.593. The highest BCUT2D eigenvalue weighted by atomic mass is 32.1. The summed E-state index contributed by atoms with van der Waals surface area (Å²) in [5, 5.41) is 4.80. The third-order valence-corrected chi connectivity index (χ3v) is 4.74. The molecule has 0 saturated carbocycles. The van der Waals surface area contributed by atoms with Crippen molar-refractivity contribution in [3.05, 3.63) is 28.8 Å². The number of aromatic nitrogens is 1. The lowest BCUT2D eigenvalue weighted by Crippen LogP contribution is -2.13. The minimum absolute atomic E-state index is 0.161. The molecule has 2 aromatic rings. The van der Waals surface area contributed by atoms with Crippen molar-refractivity contribution in [3.8, 4) is 0 Å². The molecule has 2 nitrogen and oxygen atoms in total. The summed E-state index contributed by atoms with van der Waals surface area (Å²) in [5.74, 6) is 0. The van der Waals surface area contributed by atoms with Crippen LogP contribution < -0.4 is 5.32 Å². The Bertz CT molecular complexity index is 559. The fourth-order valence-corrected chi connectivity index (χ4v) is 3.72. The number of nitrogens with one attached hydrogen (secondary N) is 1. The molecule has 3 heteroatoms. The van der Waals surface area contributed by atoms with Crippen molar-refractivity contribution in [1.82, 2.24) is 10.3 Å². The molecular formula is C15H20N2S. The number of rotatable bonds is 1. The topological polar surface area (TPSA) is 24.9 Å². The van der Waals surface area contributed by atoms with Crippen molar-refractivity contribution in [2.45, 2.75) is 45.1 Å². The summed E-state index contributed by atoms with van der Waals surface area (Å²) >= 11 is 1.85. The maximum atomic E-state index is 4.92. The van der Waals surface area contributed by atoms with Crippen LogP contribution in [-0.4, -0.2) is 11.5 Å². The number of hydrogen-bond donors (Lipinski definition) is 1. The van der Waals surface area contributed by atoms with Gasteiger partial charge in [0.15, 0.2) is 0 Å². The van der Waals surface area contributed by atoms with E-state index >= 15 is 0 Å². The lowest BCUT2D eigenvalue weighted by Gasteiger charge is -2.19. The van der Waals surface area contributed by atoms with E-state index in [1.165, 1.54) is 33.6 Å². The molecule has 0 bridgehead atoms. The fourth-order valence-electron chi connectivity index (χ4n) is 2.62. The number of thiazole rings is 1. The molecule has 2 heterocycles. The molecule has 1 atom stereocenters. The van der Waals surface area contributed by atoms with Crippen molar-refractivity contribution >= 4 is 21.6 Å². The highest BCUT2D eigenvalue weighted by Gasteiger charge is 2.23. The van der Waals surface area contributed by atoms with Gasteiger partial charge in [-0.1, -0.05) is 32.9 Å². The Balaban J connectivity index is 2.11. The standard InChI is InChI=1S/C15H20N2S/c1-15(2,3)10-6-4-8-12-13(10)17-14(18-12)11-7-5-9-16-11/h4,6,8,11,16H,5,7,9H2,1-3H3. The monoisotopic (exact) mass is 260 g/mol. The van der Waals surface area contributed by atoms with Crippen LogP contribution in [0.5, 0.6) is 0 Å². The fraction of sp³-hybridized carbons (Fsp3) is 0.533. The first-order chi connectivity index (χ1) is 8.55. The Labute approximate surface area is 112 Å². The third-order valence-electron chi connectivity index (χ3n) is 3.60. The predicted octanol–water partition coefficient (Wildman–Crippen LogP) is 4.02. The van der Waals surface area contributed by atoms with E-state index in [-0.39, 0.29) is 5.41 Å². The van der Waals surface area contributed by atoms with E-state index in [0.717, 1.165) is 6.54 Å². The van der Waals surface area contributed by atoms with Gasteiger partial charge in [-0.25, -0.2) is 4.98 Å². The summed E-state index contributed by atoms with van der Waals surface area (Å²) in [4.78, 5) is 4.92. The van der Waals surface area contributed by atoms with Gasteiger partial charge in [-0.3, -0.25) is 0 Å². The molecule has 1 unspecified atom stereocenters. The maximum absolute atomic E-state index is 4.92. The second-order valence-electron chi connectivity index (χ2n) is 6.10. The molecule has 1 N–H and O–H groups in total. The normalized spacial score (nSPS) is 20.7. The van der Waals surface area contributed by atoms with Crippen LogP contribution in [0.15, 0.2) is 18.2 Å². The van der Waals surface area contributed by atoms with Crippen LogP contribution in [0.2, 0.25) is 0 Å². The Morgan fingerprint density at radius 3 is 2.83 bits per heavy atom. The molecule has 0 aliphatic carbocycles. The summed E-state index contributed by atoms with van der Waals surface area (Å²) < 4.78 is 1.33. The van der Waals surface area contributed by atoms with E-state index in [2.05, 4.69) is 44.3 Å². The van der Waals surface area contributed by atoms with Crippen molar-refractivity contribution in [2.75, 3.05) is 6.54 Å². The molecule has 0 spiro atoms. The van der Waals surface area contributed by atoms with Crippen LogP contribution in [-0.2, 0) is 5.41 Å². The molecule has 1 aliphatic rings. The molecule has 0 amide bonds. The summed E-state index contributed by atoms with van der Waals surface area (Å²) in [6.07, 6.45) is 2.50. The van der Waals surface area contributed by atoms with Gasteiger partial charge in [-0.2, -0.15) is 0 Å². The van der Waals surface area contributed by atoms with Gasteiger partial charge in [0, 0.05) is 0 Å². The number of nitrogens with zero attached hydrogens (tertiary/aromatic N) is 1. The van der Waals surface area contributed by atoms with Crippen molar-refractivity contribution in [1.29, 1.82) is 0 Å². The molecule has 96 valence electrons. The van der Waals surface area contributed by atoms with Crippen LogP contribution in [0, 0.1) is 0 Å². The number of fused-ring (bicyclic) bond motifs is 1. The van der Waals surface area contributed by atoms with E-state index in [1.54, 1.807) is 0 Å². The van der Waals surface area contributed by atoms with Gasteiger partial charge in [-0.05, 0) is 36.4 Å². The first-order valence-electron chi connectivity index (χ1n) is 6.69. The smallest absolute Gasteiger partial charge is 0.111 e. The van der Waals surface area contributed by atoms with Crippen LogP contribution >= 0.6 is 11.3 Å². The second-order valence-corrected chi connectivity index (χ2v) is 7.17. The Morgan fingerprint density at radius 1 is 1.33 bits per heavy atom. The SMILES string of the molecule is CC(C)(C)c1cccc2sc(C3CCCN3)nc12. The summed E-state index contributed by atoms with van der Waals surface area (Å²) in [5.41, 5.74) is 2.73. The number of para-hydroxylation sites is 1. The second kappa shape index (κ2) is 4.32. The van der Waals surface area contributed by atoms with Gasteiger partial charge in [0.2, 0.25) is 0 Å². The molecule has 3 rings (SSSR count). The highest BCUT2D eigenvalue weighted by molar-refractivity contribution is 7.18. The number of hydrogen-bond acceptors (Lipinski definition) is 3. The van der Waals surface area contributed by atoms with Gasteiger partial charge in [0.1, 0.15) is 5.01 Å². The van der Waals surface area contributed by atoms with Gasteiger partial charge < -0.3 is 5.32 Å². The first kappa shape index (κ1) is 12.1.